The SMILES string of the molecule is Cc1cccc(CSc2nnc(C(C)NC(=O)c3ccccc3)n2-c2cc(Cl)ccc2C)c1. The highest BCUT2D eigenvalue weighted by molar-refractivity contribution is 7.98. The molecule has 5 nitrogen and oxygen atoms in total. The summed E-state index contributed by atoms with van der Waals surface area (Å²) in [7, 11) is 0. The van der Waals surface area contributed by atoms with E-state index in [-0.39, 0.29) is 11.9 Å². The van der Waals surface area contributed by atoms with Crippen LogP contribution < -0.4 is 5.32 Å². The minimum absolute atomic E-state index is 0.158. The van der Waals surface area contributed by atoms with Gasteiger partial charge in [-0.25, -0.2) is 0 Å². The number of nitrogens with zero attached hydrogens (tertiary/aromatic N) is 3. The molecule has 1 atom stereocenters. The Morgan fingerprint density at radius 3 is 2.58 bits per heavy atom. The number of nitrogens with one attached hydrogen (secondary N) is 1. The smallest absolute Gasteiger partial charge is 0.251 e. The number of benzene rings is 3. The van der Waals surface area contributed by atoms with Crippen molar-refractivity contribution in [1.82, 2.24) is 20.1 Å². The monoisotopic (exact) mass is 476 g/mol. The number of rotatable bonds is 7. The molecule has 0 aliphatic carbocycles. The maximum absolute atomic E-state index is 12.8. The zero-order chi connectivity index (χ0) is 23.4. The fraction of sp³-hybridized carbons (Fsp3) is 0.192. The van der Waals surface area contributed by atoms with Crippen molar-refractivity contribution < 1.29 is 4.79 Å². The number of carbonyl (C=O) groups excluding carboxylic acids is 1. The van der Waals surface area contributed by atoms with Gasteiger partial charge in [-0.2, -0.15) is 0 Å². The summed E-state index contributed by atoms with van der Waals surface area (Å²) in [5.41, 5.74) is 4.97. The molecular formula is C26H25ClN4OS. The Morgan fingerprint density at radius 1 is 1.03 bits per heavy atom. The molecule has 0 bridgehead atoms. The van der Waals surface area contributed by atoms with Gasteiger partial charge in [-0.1, -0.05) is 77.5 Å². The Morgan fingerprint density at radius 2 is 1.82 bits per heavy atom. The molecule has 0 radical (unpaired) electrons. The maximum atomic E-state index is 12.8. The zero-order valence-electron chi connectivity index (χ0n) is 18.7. The van der Waals surface area contributed by atoms with E-state index in [9.17, 15) is 4.79 Å². The summed E-state index contributed by atoms with van der Waals surface area (Å²) in [4.78, 5) is 12.8. The molecule has 0 aliphatic rings. The molecule has 0 spiro atoms. The second kappa shape index (κ2) is 10.2. The van der Waals surface area contributed by atoms with Gasteiger partial charge < -0.3 is 5.32 Å². The molecule has 1 unspecified atom stereocenters. The van der Waals surface area contributed by atoms with Gasteiger partial charge in [0.2, 0.25) is 0 Å². The first-order chi connectivity index (χ1) is 15.9. The predicted octanol–water partition coefficient (Wildman–Crippen LogP) is 6.32. The Kier molecular flexibility index (Phi) is 7.16. The first-order valence-electron chi connectivity index (χ1n) is 10.7. The summed E-state index contributed by atoms with van der Waals surface area (Å²) in [5, 5.41) is 13.4. The summed E-state index contributed by atoms with van der Waals surface area (Å²) >= 11 is 7.95. The van der Waals surface area contributed by atoms with E-state index in [0.717, 1.165) is 22.2 Å². The minimum atomic E-state index is -0.364. The van der Waals surface area contributed by atoms with Crippen LogP contribution >= 0.6 is 23.4 Å². The van der Waals surface area contributed by atoms with Crippen LogP contribution in [0.3, 0.4) is 0 Å². The fourth-order valence-corrected chi connectivity index (χ4v) is 4.65. The third-order valence-electron chi connectivity index (χ3n) is 5.29. The lowest BCUT2D eigenvalue weighted by Gasteiger charge is -2.18. The molecule has 0 saturated heterocycles. The third kappa shape index (κ3) is 5.46. The number of halogens is 1. The molecule has 33 heavy (non-hydrogen) atoms. The largest absolute Gasteiger partial charge is 0.342 e. The number of hydrogen-bond donors (Lipinski definition) is 1. The molecule has 4 rings (SSSR count). The van der Waals surface area contributed by atoms with Crippen molar-refractivity contribution in [1.29, 1.82) is 0 Å². The van der Waals surface area contributed by atoms with E-state index in [4.69, 9.17) is 11.6 Å². The van der Waals surface area contributed by atoms with Crippen LogP contribution in [-0.4, -0.2) is 20.7 Å². The van der Waals surface area contributed by atoms with E-state index >= 15 is 0 Å². The van der Waals surface area contributed by atoms with E-state index in [1.165, 1.54) is 11.1 Å². The van der Waals surface area contributed by atoms with Crippen LogP contribution in [0.4, 0.5) is 0 Å². The van der Waals surface area contributed by atoms with Crippen LogP contribution in [0, 0.1) is 13.8 Å². The summed E-state index contributed by atoms with van der Waals surface area (Å²) in [5.74, 6) is 1.25. The van der Waals surface area contributed by atoms with Crippen molar-refractivity contribution in [3.05, 3.63) is 106 Å². The fourth-order valence-electron chi connectivity index (χ4n) is 3.59. The second-order valence-corrected chi connectivity index (χ2v) is 9.32. The summed E-state index contributed by atoms with van der Waals surface area (Å²) in [6.45, 7) is 6.02. The second-order valence-electron chi connectivity index (χ2n) is 7.95. The molecule has 0 saturated carbocycles. The highest BCUT2D eigenvalue weighted by Gasteiger charge is 2.22. The van der Waals surface area contributed by atoms with Crippen LogP contribution in [-0.2, 0) is 5.75 Å². The molecule has 0 aliphatic heterocycles. The average Bonchev–Trinajstić information content (AvgIpc) is 3.24. The third-order valence-corrected chi connectivity index (χ3v) is 6.53. The van der Waals surface area contributed by atoms with Gasteiger partial charge in [0.15, 0.2) is 11.0 Å². The molecule has 1 aromatic heterocycles. The van der Waals surface area contributed by atoms with Crippen LogP contribution in [0.2, 0.25) is 5.02 Å². The molecule has 1 heterocycles. The Bertz CT molecular complexity index is 1270. The highest BCUT2D eigenvalue weighted by Crippen LogP contribution is 2.30. The Balaban J connectivity index is 1.67. The topological polar surface area (TPSA) is 59.8 Å². The van der Waals surface area contributed by atoms with E-state index in [1.54, 1.807) is 23.9 Å². The average molecular weight is 477 g/mol. The maximum Gasteiger partial charge on any atom is 0.251 e. The lowest BCUT2D eigenvalue weighted by atomic mass is 10.1. The van der Waals surface area contributed by atoms with Crippen molar-refractivity contribution in [2.24, 2.45) is 0 Å². The van der Waals surface area contributed by atoms with Crippen molar-refractivity contribution in [3.63, 3.8) is 0 Å². The highest BCUT2D eigenvalue weighted by atomic mass is 35.5. The molecule has 168 valence electrons. The summed E-state index contributed by atoms with van der Waals surface area (Å²) in [6, 6.07) is 23.0. The molecule has 1 N–H and O–H groups in total. The van der Waals surface area contributed by atoms with Crippen LogP contribution in [0.25, 0.3) is 5.69 Å². The van der Waals surface area contributed by atoms with Crippen molar-refractivity contribution in [2.75, 3.05) is 0 Å². The van der Waals surface area contributed by atoms with Crippen molar-refractivity contribution in [2.45, 2.75) is 37.7 Å². The molecule has 1 amide bonds. The van der Waals surface area contributed by atoms with Gasteiger partial charge in [0, 0.05) is 16.3 Å². The van der Waals surface area contributed by atoms with Gasteiger partial charge in [0.1, 0.15) is 0 Å². The number of thioether (sulfide) groups is 1. The number of amides is 1. The molecule has 0 fully saturated rings. The van der Waals surface area contributed by atoms with E-state index in [2.05, 4.69) is 46.7 Å². The van der Waals surface area contributed by atoms with Gasteiger partial charge >= 0.3 is 0 Å². The number of hydrogen-bond acceptors (Lipinski definition) is 4. The summed E-state index contributed by atoms with van der Waals surface area (Å²) < 4.78 is 2.00. The van der Waals surface area contributed by atoms with Crippen molar-refractivity contribution >= 4 is 29.3 Å². The first kappa shape index (κ1) is 23.1. The minimum Gasteiger partial charge on any atom is -0.342 e. The van der Waals surface area contributed by atoms with E-state index < -0.39 is 0 Å². The van der Waals surface area contributed by atoms with Crippen LogP contribution in [0.1, 0.15) is 45.8 Å². The van der Waals surface area contributed by atoms with Gasteiger partial charge in [-0.05, 0) is 56.2 Å². The number of aromatic nitrogens is 3. The number of aryl methyl sites for hydroxylation is 2. The number of carbonyl (C=O) groups is 1. The summed E-state index contributed by atoms with van der Waals surface area (Å²) in [6.07, 6.45) is 0. The first-order valence-corrected chi connectivity index (χ1v) is 12.0. The lowest BCUT2D eigenvalue weighted by Crippen LogP contribution is -2.28. The van der Waals surface area contributed by atoms with Crippen LogP contribution in [0.5, 0.6) is 0 Å². The molecule has 3 aromatic carbocycles. The van der Waals surface area contributed by atoms with E-state index in [0.29, 0.717) is 16.4 Å². The Labute approximate surface area is 203 Å². The Hall–Kier alpha value is -3.09. The molecular weight excluding hydrogens is 452 g/mol. The van der Waals surface area contributed by atoms with Gasteiger partial charge in [-0.15, -0.1) is 10.2 Å². The van der Waals surface area contributed by atoms with Crippen LogP contribution in [0.15, 0.2) is 78.0 Å². The van der Waals surface area contributed by atoms with Gasteiger partial charge in [0.05, 0.1) is 11.7 Å². The normalized spacial score (nSPS) is 11.9. The standard InChI is InChI=1S/C26H25ClN4OS/c1-17-8-7-9-20(14-17)16-33-26-30-29-24(31(26)23-15-22(27)13-12-18(23)2)19(3)28-25(32)21-10-5-4-6-11-21/h4-15,19H,16H2,1-3H3,(H,28,32). The molecule has 4 aromatic rings. The quantitative estimate of drug-likeness (QED) is 0.317. The van der Waals surface area contributed by atoms with Crippen molar-refractivity contribution in [3.8, 4) is 5.69 Å². The molecule has 7 heteroatoms. The van der Waals surface area contributed by atoms with Gasteiger partial charge in [0.25, 0.3) is 5.91 Å². The predicted molar refractivity (Wildman–Crippen MR) is 134 cm³/mol. The van der Waals surface area contributed by atoms with Gasteiger partial charge in [-0.3, -0.25) is 9.36 Å². The lowest BCUT2D eigenvalue weighted by molar-refractivity contribution is 0.0938. The van der Waals surface area contributed by atoms with E-state index in [1.807, 2.05) is 54.8 Å². The zero-order valence-corrected chi connectivity index (χ0v) is 20.3.